The van der Waals surface area contributed by atoms with Gasteiger partial charge in [-0.05, 0) is 67.4 Å². The van der Waals surface area contributed by atoms with Crippen LogP contribution in [0.5, 0.6) is 11.5 Å². The largest absolute Gasteiger partial charge is 0.508 e. The number of benzene rings is 3. The predicted molar refractivity (Wildman–Crippen MR) is 132 cm³/mol. The summed E-state index contributed by atoms with van der Waals surface area (Å²) in [6.07, 6.45) is 2.69. The van der Waals surface area contributed by atoms with Crippen molar-refractivity contribution >= 4 is 23.4 Å². The highest BCUT2D eigenvalue weighted by Crippen LogP contribution is 2.47. The second-order valence-corrected chi connectivity index (χ2v) is 10.2. The Labute approximate surface area is 199 Å². The molecule has 2 atom stereocenters. The van der Waals surface area contributed by atoms with Crippen LogP contribution in [-0.2, 0) is 0 Å². The van der Waals surface area contributed by atoms with Gasteiger partial charge in [-0.2, -0.15) is 0 Å². The highest BCUT2D eigenvalue weighted by Gasteiger charge is 2.33. The molecule has 0 unspecified atom stereocenters. The molecule has 3 aromatic carbocycles. The SMILES string of the molecule is Oc1ccc2c(c1)OC[C@@H](c1ccc(Cl)cc1)[C@H]2c1ccc(SCCN2CCCC2)cc1. The van der Waals surface area contributed by atoms with E-state index >= 15 is 0 Å². The molecule has 1 fully saturated rings. The van der Waals surface area contributed by atoms with Crippen LogP contribution in [-0.4, -0.2) is 42.0 Å². The number of fused-ring (bicyclic) bond motifs is 1. The van der Waals surface area contributed by atoms with Crippen molar-refractivity contribution in [2.75, 3.05) is 32.0 Å². The molecule has 5 heteroatoms. The lowest BCUT2D eigenvalue weighted by Crippen LogP contribution is -2.25. The number of likely N-dealkylation sites (tertiary alicyclic amines) is 1. The molecule has 0 radical (unpaired) electrons. The molecular formula is C27H28ClNO2S. The van der Waals surface area contributed by atoms with Crippen LogP contribution in [0, 0.1) is 0 Å². The van der Waals surface area contributed by atoms with Crippen molar-refractivity contribution in [2.45, 2.75) is 29.6 Å². The molecule has 1 saturated heterocycles. The van der Waals surface area contributed by atoms with E-state index in [-0.39, 0.29) is 17.6 Å². The molecule has 0 aromatic heterocycles. The average molecular weight is 466 g/mol. The monoisotopic (exact) mass is 465 g/mol. The van der Waals surface area contributed by atoms with Gasteiger partial charge in [0.15, 0.2) is 0 Å². The lowest BCUT2D eigenvalue weighted by atomic mass is 9.76. The van der Waals surface area contributed by atoms with E-state index in [1.165, 1.54) is 48.5 Å². The molecule has 2 heterocycles. The first kappa shape index (κ1) is 21.7. The van der Waals surface area contributed by atoms with Crippen molar-refractivity contribution in [3.63, 3.8) is 0 Å². The summed E-state index contributed by atoms with van der Waals surface area (Å²) in [5.74, 6) is 2.47. The van der Waals surface area contributed by atoms with Gasteiger partial charge in [0.25, 0.3) is 0 Å². The zero-order valence-electron chi connectivity index (χ0n) is 18.0. The molecule has 2 aliphatic rings. The quantitative estimate of drug-likeness (QED) is 0.419. The molecule has 0 amide bonds. The first-order chi connectivity index (χ1) is 15.7. The third-order valence-corrected chi connectivity index (χ3v) is 7.81. The highest BCUT2D eigenvalue weighted by molar-refractivity contribution is 7.99. The summed E-state index contributed by atoms with van der Waals surface area (Å²) < 4.78 is 6.08. The molecule has 1 N–H and O–H groups in total. The first-order valence-electron chi connectivity index (χ1n) is 11.3. The fraction of sp³-hybridized carbons (Fsp3) is 0.333. The average Bonchev–Trinajstić information content (AvgIpc) is 3.33. The lowest BCUT2D eigenvalue weighted by Gasteiger charge is -2.34. The molecule has 0 aliphatic carbocycles. The van der Waals surface area contributed by atoms with E-state index in [0.29, 0.717) is 6.61 Å². The maximum absolute atomic E-state index is 9.96. The summed E-state index contributed by atoms with van der Waals surface area (Å²) in [6, 6.07) is 22.6. The molecule has 3 aromatic rings. The van der Waals surface area contributed by atoms with Gasteiger partial charge >= 0.3 is 0 Å². The van der Waals surface area contributed by atoms with Crippen molar-refractivity contribution in [3.8, 4) is 11.5 Å². The van der Waals surface area contributed by atoms with Crippen molar-refractivity contribution in [2.24, 2.45) is 0 Å². The smallest absolute Gasteiger partial charge is 0.126 e. The van der Waals surface area contributed by atoms with E-state index in [1.54, 1.807) is 12.1 Å². The molecule has 0 saturated carbocycles. The zero-order valence-corrected chi connectivity index (χ0v) is 19.6. The van der Waals surface area contributed by atoms with Crippen LogP contribution in [0.15, 0.2) is 71.6 Å². The van der Waals surface area contributed by atoms with Gasteiger partial charge in [0, 0.05) is 45.7 Å². The molecule has 3 nitrogen and oxygen atoms in total. The van der Waals surface area contributed by atoms with E-state index in [0.717, 1.165) is 22.1 Å². The van der Waals surface area contributed by atoms with Crippen molar-refractivity contribution in [3.05, 3.63) is 88.4 Å². The maximum Gasteiger partial charge on any atom is 0.126 e. The fourth-order valence-electron chi connectivity index (χ4n) is 4.88. The topological polar surface area (TPSA) is 32.7 Å². The van der Waals surface area contributed by atoms with Gasteiger partial charge < -0.3 is 14.7 Å². The van der Waals surface area contributed by atoms with Gasteiger partial charge in [0.1, 0.15) is 11.5 Å². The Morgan fingerprint density at radius 3 is 2.41 bits per heavy atom. The van der Waals surface area contributed by atoms with Crippen LogP contribution in [0.1, 0.15) is 41.4 Å². The number of rotatable bonds is 6. The van der Waals surface area contributed by atoms with E-state index in [4.69, 9.17) is 16.3 Å². The second-order valence-electron chi connectivity index (χ2n) is 8.64. The number of aromatic hydroxyl groups is 1. The number of hydrogen-bond donors (Lipinski definition) is 1. The summed E-state index contributed by atoms with van der Waals surface area (Å²) in [4.78, 5) is 3.88. The third-order valence-electron chi connectivity index (χ3n) is 6.57. The maximum atomic E-state index is 9.96. The van der Waals surface area contributed by atoms with Crippen LogP contribution in [0.4, 0.5) is 0 Å². The van der Waals surface area contributed by atoms with Crippen molar-refractivity contribution in [1.29, 1.82) is 0 Å². The van der Waals surface area contributed by atoms with Gasteiger partial charge in [-0.15, -0.1) is 11.8 Å². The minimum absolute atomic E-state index is 0.157. The summed E-state index contributed by atoms with van der Waals surface area (Å²) in [5, 5.41) is 10.7. The lowest BCUT2D eigenvalue weighted by molar-refractivity contribution is 0.248. The molecule has 32 heavy (non-hydrogen) atoms. The van der Waals surface area contributed by atoms with Gasteiger partial charge in [0.2, 0.25) is 0 Å². The van der Waals surface area contributed by atoms with Crippen LogP contribution < -0.4 is 4.74 Å². The number of thioether (sulfide) groups is 1. The van der Waals surface area contributed by atoms with Crippen LogP contribution in [0.2, 0.25) is 5.02 Å². The number of ether oxygens (including phenoxy) is 1. The van der Waals surface area contributed by atoms with E-state index in [1.807, 2.05) is 30.0 Å². The first-order valence-corrected chi connectivity index (χ1v) is 12.7. The van der Waals surface area contributed by atoms with Crippen LogP contribution in [0.25, 0.3) is 0 Å². The summed E-state index contributed by atoms with van der Waals surface area (Å²) in [7, 11) is 0. The van der Waals surface area contributed by atoms with Crippen LogP contribution >= 0.6 is 23.4 Å². The molecular weight excluding hydrogens is 438 g/mol. The number of halogens is 1. The number of nitrogens with zero attached hydrogens (tertiary/aromatic N) is 1. The zero-order chi connectivity index (χ0) is 21.9. The predicted octanol–water partition coefficient (Wildman–Crippen LogP) is 6.54. The van der Waals surface area contributed by atoms with E-state index < -0.39 is 0 Å². The van der Waals surface area contributed by atoms with Crippen molar-refractivity contribution < 1.29 is 9.84 Å². The summed E-state index contributed by atoms with van der Waals surface area (Å²) in [5.41, 5.74) is 3.59. The molecule has 5 rings (SSSR count). The molecule has 166 valence electrons. The Bertz CT molecular complexity index is 1050. The second kappa shape index (κ2) is 9.78. The van der Waals surface area contributed by atoms with Gasteiger partial charge in [-0.3, -0.25) is 0 Å². The highest BCUT2D eigenvalue weighted by atomic mass is 35.5. The van der Waals surface area contributed by atoms with Gasteiger partial charge in [-0.1, -0.05) is 41.9 Å². The van der Waals surface area contributed by atoms with Crippen molar-refractivity contribution in [1.82, 2.24) is 4.90 Å². The Balaban J connectivity index is 1.39. The van der Waals surface area contributed by atoms with E-state index in [9.17, 15) is 5.11 Å². The van der Waals surface area contributed by atoms with Gasteiger partial charge in [0.05, 0.1) is 6.61 Å². The molecule has 2 aliphatic heterocycles. The van der Waals surface area contributed by atoms with Gasteiger partial charge in [-0.25, -0.2) is 0 Å². The standard InChI is InChI=1S/C27H28ClNO2S/c28-21-7-3-19(4-8-21)25-18-31-26-17-22(30)9-12-24(26)27(25)20-5-10-23(11-6-20)32-16-15-29-13-1-2-14-29/h3-12,17,25,27,30H,1-2,13-16,18H2/t25-,27-/m0/s1. The Kier molecular flexibility index (Phi) is 6.63. The minimum Gasteiger partial charge on any atom is -0.508 e. The normalized spacial score (nSPS) is 20.7. The number of phenols is 1. The van der Waals surface area contributed by atoms with Crippen LogP contribution in [0.3, 0.4) is 0 Å². The summed E-state index contributed by atoms with van der Waals surface area (Å²) >= 11 is 8.07. The minimum atomic E-state index is 0.157. The Morgan fingerprint density at radius 2 is 1.66 bits per heavy atom. The molecule has 0 spiro atoms. The third kappa shape index (κ3) is 4.78. The number of phenolic OH excluding ortho intramolecular Hbond substituents is 1. The Hall–Kier alpha value is -2.14. The number of hydrogen-bond acceptors (Lipinski definition) is 4. The molecule has 0 bridgehead atoms. The Morgan fingerprint density at radius 1 is 0.938 bits per heavy atom. The van der Waals surface area contributed by atoms with E-state index in [2.05, 4.69) is 41.3 Å². The summed E-state index contributed by atoms with van der Waals surface area (Å²) in [6.45, 7) is 4.24. The fourth-order valence-corrected chi connectivity index (χ4v) is 5.92.